The van der Waals surface area contributed by atoms with Crippen LogP contribution >= 0.6 is 0 Å². The molecule has 0 radical (unpaired) electrons. The van der Waals surface area contributed by atoms with E-state index in [1.54, 1.807) is 29.0 Å². The maximum absolute atomic E-state index is 13.0. The predicted molar refractivity (Wildman–Crippen MR) is 132 cm³/mol. The fraction of sp³-hybridized carbons (Fsp3) is 0.241. The number of piperazine rings is 1. The molecule has 2 heterocycles. The highest BCUT2D eigenvalue weighted by atomic mass is 16.5. The first-order valence-electron chi connectivity index (χ1n) is 11.6. The molecular weight excluding hydrogens is 440 g/mol. The van der Waals surface area contributed by atoms with E-state index in [1.165, 1.54) is 0 Å². The summed E-state index contributed by atoms with van der Waals surface area (Å²) in [6.07, 6.45) is 0. The molecule has 2 aliphatic rings. The van der Waals surface area contributed by atoms with Crippen LogP contribution in [0.3, 0.4) is 0 Å². The first-order valence-corrected chi connectivity index (χ1v) is 11.6. The molecule has 6 nitrogen and oxygen atoms in total. The molecule has 2 saturated heterocycles. The summed E-state index contributed by atoms with van der Waals surface area (Å²) in [7, 11) is 1.63. The number of ether oxygens (including phenoxy) is 1. The van der Waals surface area contributed by atoms with Crippen molar-refractivity contribution in [3.05, 3.63) is 101 Å². The summed E-state index contributed by atoms with van der Waals surface area (Å²) in [5.41, 5.74) is 3.38. The number of hydrogen-bond acceptors (Lipinski definition) is 4. The van der Waals surface area contributed by atoms with E-state index in [9.17, 15) is 14.7 Å². The van der Waals surface area contributed by atoms with E-state index < -0.39 is 0 Å². The number of benzene rings is 3. The van der Waals surface area contributed by atoms with Crippen LogP contribution < -0.4 is 4.74 Å². The van der Waals surface area contributed by atoms with Crippen LogP contribution in [0.2, 0.25) is 0 Å². The van der Waals surface area contributed by atoms with Crippen LogP contribution in [0.25, 0.3) is 0 Å². The topological polar surface area (TPSA) is 70.1 Å². The number of methoxy groups -OCH3 is 1. The molecule has 2 fully saturated rings. The maximum atomic E-state index is 13.0. The standard InChI is InChI=1S/C29H26N2O4/c1-35-24-15-11-21(12-16-24)8-7-20-9-13-22(14-10-20)28-25-17-30(18-27(33)31(25)26(28)19-32)29(34)23-5-3-2-4-6-23/h2-6,9-16,25-26,28,32H,17-19H2,1H3/t25-,26-,28+/m0/s1. The minimum absolute atomic E-state index is 0.0351. The van der Waals surface area contributed by atoms with Gasteiger partial charge in [-0.05, 0) is 54.1 Å². The summed E-state index contributed by atoms with van der Waals surface area (Å²) in [5, 5.41) is 10.0. The summed E-state index contributed by atoms with van der Waals surface area (Å²) in [4.78, 5) is 29.2. The van der Waals surface area contributed by atoms with Crippen molar-refractivity contribution < 1.29 is 19.4 Å². The lowest BCUT2D eigenvalue weighted by Gasteiger charge is -2.58. The van der Waals surface area contributed by atoms with Crippen molar-refractivity contribution in [3.8, 4) is 17.6 Å². The maximum Gasteiger partial charge on any atom is 0.254 e. The highest BCUT2D eigenvalue weighted by Gasteiger charge is 2.54. The van der Waals surface area contributed by atoms with Gasteiger partial charge in [0.2, 0.25) is 5.91 Å². The number of aliphatic hydroxyl groups is 1. The summed E-state index contributed by atoms with van der Waals surface area (Å²) in [6.45, 7) is 0.367. The summed E-state index contributed by atoms with van der Waals surface area (Å²) >= 11 is 0. The quantitative estimate of drug-likeness (QED) is 0.601. The zero-order chi connectivity index (χ0) is 24.4. The minimum Gasteiger partial charge on any atom is -0.497 e. The summed E-state index contributed by atoms with van der Waals surface area (Å²) < 4.78 is 5.18. The van der Waals surface area contributed by atoms with Crippen molar-refractivity contribution in [1.82, 2.24) is 9.80 Å². The van der Waals surface area contributed by atoms with Gasteiger partial charge in [-0.25, -0.2) is 0 Å². The van der Waals surface area contributed by atoms with Gasteiger partial charge in [0, 0.05) is 29.2 Å². The molecule has 2 amide bonds. The number of carbonyl (C=O) groups excluding carboxylic acids is 2. The van der Waals surface area contributed by atoms with Gasteiger partial charge < -0.3 is 19.6 Å². The van der Waals surface area contributed by atoms with Crippen molar-refractivity contribution in [3.63, 3.8) is 0 Å². The molecule has 3 aromatic carbocycles. The van der Waals surface area contributed by atoms with Crippen LogP contribution in [-0.4, -0.2) is 65.6 Å². The fourth-order valence-electron chi connectivity index (χ4n) is 5.02. The van der Waals surface area contributed by atoms with Crippen LogP contribution in [0.1, 0.15) is 33.0 Å². The van der Waals surface area contributed by atoms with Crippen LogP contribution in [0.5, 0.6) is 5.75 Å². The van der Waals surface area contributed by atoms with Crippen molar-refractivity contribution >= 4 is 11.8 Å². The number of nitrogens with zero attached hydrogens (tertiary/aromatic N) is 2. The Morgan fingerprint density at radius 1 is 0.971 bits per heavy atom. The first-order chi connectivity index (χ1) is 17.1. The van der Waals surface area contributed by atoms with E-state index in [1.807, 2.05) is 66.7 Å². The third-order valence-electron chi connectivity index (χ3n) is 6.80. The zero-order valence-electron chi connectivity index (χ0n) is 19.4. The highest BCUT2D eigenvalue weighted by molar-refractivity contribution is 5.97. The number of carbonyl (C=O) groups is 2. The Balaban J connectivity index is 1.33. The van der Waals surface area contributed by atoms with Crippen molar-refractivity contribution in [2.45, 2.75) is 18.0 Å². The lowest BCUT2D eigenvalue weighted by molar-refractivity contribution is -0.159. The Hall–Kier alpha value is -4.08. The van der Waals surface area contributed by atoms with E-state index in [-0.39, 0.29) is 43.0 Å². The average molecular weight is 467 g/mol. The molecule has 3 atom stereocenters. The number of fused-ring (bicyclic) bond motifs is 1. The zero-order valence-corrected chi connectivity index (χ0v) is 19.4. The molecular formula is C29H26N2O4. The Morgan fingerprint density at radius 3 is 2.20 bits per heavy atom. The SMILES string of the molecule is COc1ccc(C#Cc2ccc([C@H]3[C@H](CO)N4C(=O)CN(C(=O)c5ccccc5)C[C@@H]34)cc2)cc1. The van der Waals surface area contributed by atoms with E-state index in [0.717, 1.165) is 22.4 Å². The smallest absolute Gasteiger partial charge is 0.254 e. The van der Waals surface area contributed by atoms with Crippen LogP contribution in [0, 0.1) is 11.8 Å². The molecule has 0 aromatic heterocycles. The molecule has 6 heteroatoms. The highest BCUT2D eigenvalue weighted by Crippen LogP contribution is 2.43. The number of aliphatic hydroxyl groups excluding tert-OH is 1. The minimum atomic E-state index is -0.280. The Bertz CT molecular complexity index is 1280. The van der Waals surface area contributed by atoms with E-state index in [2.05, 4.69) is 11.8 Å². The van der Waals surface area contributed by atoms with Gasteiger partial charge in [0.15, 0.2) is 0 Å². The molecule has 0 aliphatic carbocycles. The molecule has 0 saturated carbocycles. The van der Waals surface area contributed by atoms with Gasteiger partial charge in [-0.2, -0.15) is 0 Å². The molecule has 2 aliphatic heterocycles. The molecule has 0 unspecified atom stereocenters. The van der Waals surface area contributed by atoms with Crippen molar-refractivity contribution in [1.29, 1.82) is 0 Å². The van der Waals surface area contributed by atoms with Gasteiger partial charge in [0.05, 0.1) is 25.8 Å². The summed E-state index contributed by atoms with van der Waals surface area (Å²) in [5.74, 6) is 6.80. The van der Waals surface area contributed by atoms with Gasteiger partial charge in [-0.3, -0.25) is 9.59 Å². The van der Waals surface area contributed by atoms with Crippen LogP contribution in [-0.2, 0) is 4.79 Å². The molecule has 3 aromatic rings. The van der Waals surface area contributed by atoms with Gasteiger partial charge in [-0.1, -0.05) is 42.2 Å². The average Bonchev–Trinajstić information content (AvgIpc) is 2.89. The van der Waals surface area contributed by atoms with Crippen LogP contribution in [0.4, 0.5) is 0 Å². The number of rotatable bonds is 4. The summed E-state index contributed by atoms with van der Waals surface area (Å²) in [6, 6.07) is 24.1. The van der Waals surface area contributed by atoms with Gasteiger partial charge in [0.1, 0.15) is 12.3 Å². The normalized spacial score (nSPS) is 20.9. The molecule has 35 heavy (non-hydrogen) atoms. The first kappa shape index (κ1) is 22.7. The van der Waals surface area contributed by atoms with E-state index >= 15 is 0 Å². The lowest BCUT2D eigenvalue weighted by Crippen LogP contribution is -2.73. The number of hydrogen-bond donors (Lipinski definition) is 1. The van der Waals surface area contributed by atoms with E-state index in [0.29, 0.717) is 12.1 Å². The lowest BCUT2D eigenvalue weighted by atomic mass is 9.73. The monoisotopic (exact) mass is 466 g/mol. The second-order valence-corrected chi connectivity index (χ2v) is 8.80. The second-order valence-electron chi connectivity index (χ2n) is 8.80. The fourth-order valence-corrected chi connectivity index (χ4v) is 5.02. The molecule has 0 bridgehead atoms. The number of amides is 2. The molecule has 5 rings (SSSR count). The molecule has 1 N–H and O–H groups in total. The Kier molecular flexibility index (Phi) is 6.26. The Labute approximate surface area is 204 Å². The van der Waals surface area contributed by atoms with Crippen molar-refractivity contribution in [2.75, 3.05) is 26.8 Å². The third-order valence-corrected chi connectivity index (χ3v) is 6.80. The predicted octanol–water partition coefficient (Wildman–Crippen LogP) is 2.91. The van der Waals surface area contributed by atoms with Crippen molar-refractivity contribution in [2.24, 2.45) is 0 Å². The van der Waals surface area contributed by atoms with Gasteiger partial charge in [0.25, 0.3) is 5.91 Å². The van der Waals surface area contributed by atoms with Crippen LogP contribution in [0.15, 0.2) is 78.9 Å². The largest absolute Gasteiger partial charge is 0.497 e. The molecule has 176 valence electrons. The van der Waals surface area contributed by atoms with Gasteiger partial charge >= 0.3 is 0 Å². The van der Waals surface area contributed by atoms with Gasteiger partial charge in [-0.15, -0.1) is 0 Å². The van der Waals surface area contributed by atoms with E-state index in [4.69, 9.17) is 4.74 Å². The Morgan fingerprint density at radius 2 is 1.60 bits per heavy atom. The second kappa shape index (κ2) is 9.65. The third kappa shape index (κ3) is 4.39. The molecule has 0 spiro atoms.